The van der Waals surface area contributed by atoms with Crippen LogP contribution in [0, 0.1) is 11.3 Å². The molecule has 2 aromatic carbocycles. The van der Waals surface area contributed by atoms with Crippen LogP contribution in [0.1, 0.15) is 11.3 Å². The molecule has 0 atom stereocenters. The Morgan fingerprint density at radius 2 is 1.88 bits per heavy atom. The minimum atomic E-state index is -0.236. The van der Waals surface area contributed by atoms with Gasteiger partial charge >= 0.3 is 0 Å². The molecule has 0 saturated heterocycles. The average Bonchev–Trinajstić information content (AvgIpc) is 3.15. The minimum absolute atomic E-state index is 0.190. The molecule has 0 aliphatic heterocycles. The van der Waals surface area contributed by atoms with Crippen LogP contribution >= 0.6 is 0 Å². The van der Waals surface area contributed by atoms with Crippen LogP contribution in [0.2, 0.25) is 0 Å². The highest BCUT2D eigenvalue weighted by Gasteiger charge is 2.16. The van der Waals surface area contributed by atoms with Gasteiger partial charge in [0.1, 0.15) is 24.1 Å². The van der Waals surface area contributed by atoms with Crippen molar-refractivity contribution in [2.45, 2.75) is 6.61 Å². The van der Waals surface area contributed by atoms with E-state index in [9.17, 15) is 10.1 Å². The number of aromatic nitrogens is 4. The maximum Gasteiger partial charge on any atom is 0.248 e. The zero-order valence-corrected chi connectivity index (χ0v) is 13.6. The Morgan fingerprint density at radius 3 is 2.69 bits per heavy atom. The number of ether oxygens (including phenoxy) is 1. The molecule has 2 heterocycles. The van der Waals surface area contributed by atoms with Gasteiger partial charge in [0.05, 0.1) is 5.52 Å². The highest BCUT2D eigenvalue weighted by molar-refractivity contribution is 5.97. The van der Waals surface area contributed by atoms with Crippen LogP contribution in [0.15, 0.2) is 59.4 Å². The maximum absolute atomic E-state index is 11.8. The number of nitrogens with one attached hydrogen (secondary N) is 2. The third kappa shape index (κ3) is 2.80. The molecule has 7 nitrogen and oxygen atoms in total. The summed E-state index contributed by atoms with van der Waals surface area (Å²) in [5.74, 6) is 0.548. The molecule has 0 fully saturated rings. The van der Waals surface area contributed by atoms with Gasteiger partial charge in [-0.25, -0.2) is 0 Å². The van der Waals surface area contributed by atoms with Crippen molar-refractivity contribution < 1.29 is 4.74 Å². The van der Waals surface area contributed by atoms with Gasteiger partial charge < -0.3 is 9.72 Å². The Kier molecular flexibility index (Phi) is 3.92. The SMILES string of the molecule is N#Cc1n[nH]nc1-c1ccc(OCc2ccccc2)c2[nH]c(=O)ccc12. The molecule has 4 rings (SSSR count). The van der Waals surface area contributed by atoms with E-state index in [1.54, 1.807) is 18.2 Å². The summed E-state index contributed by atoms with van der Waals surface area (Å²) >= 11 is 0. The molecule has 0 aliphatic carbocycles. The molecule has 0 spiro atoms. The third-order valence-electron chi connectivity index (χ3n) is 4.00. The van der Waals surface area contributed by atoms with Crippen LogP contribution < -0.4 is 10.3 Å². The molecule has 0 radical (unpaired) electrons. The van der Waals surface area contributed by atoms with Crippen molar-refractivity contribution in [2.75, 3.05) is 0 Å². The van der Waals surface area contributed by atoms with E-state index in [4.69, 9.17) is 4.74 Å². The molecule has 2 N–H and O–H groups in total. The molecule has 0 saturated carbocycles. The van der Waals surface area contributed by atoms with Gasteiger partial charge in [0.25, 0.3) is 0 Å². The van der Waals surface area contributed by atoms with Gasteiger partial charge in [0.15, 0.2) is 5.69 Å². The predicted octanol–water partition coefficient (Wildman–Crippen LogP) is 2.76. The number of fused-ring (bicyclic) bond motifs is 1. The summed E-state index contributed by atoms with van der Waals surface area (Å²) in [5, 5.41) is 20.3. The number of H-pyrrole nitrogens is 2. The first-order valence-electron chi connectivity index (χ1n) is 7.90. The standard InChI is InChI=1S/C19H13N5O2/c20-10-15-18(23-24-22-15)13-6-8-16(19-14(13)7-9-17(25)21-19)26-11-12-4-2-1-3-5-12/h1-9H,11H2,(H,21,25)(H,22,23,24). The Labute approximate surface area is 147 Å². The fraction of sp³-hybridized carbons (Fsp3) is 0.0526. The van der Waals surface area contributed by atoms with Gasteiger partial charge in [-0.2, -0.15) is 15.6 Å². The maximum atomic E-state index is 11.8. The number of benzene rings is 2. The fourth-order valence-corrected chi connectivity index (χ4v) is 2.78. The number of hydrogen-bond donors (Lipinski definition) is 2. The van der Waals surface area contributed by atoms with E-state index in [1.807, 2.05) is 36.4 Å². The monoisotopic (exact) mass is 343 g/mol. The van der Waals surface area contributed by atoms with Crippen molar-refractivity contribution in [1.29, 1.82) is 5.26 Å². The highest BCUT2D eigenvalue weighted by atomic mass is 16.5. The van der Waals surface area contributed by atoms with Gasteiger partial charge in [0.2, 0.25) is 5.56 Å². The van der Waals surface area contributed by atoms with E-state index in [2.05, 4.69) is 20.4 Å². The molecule has 7 heteroatoms. The Hall–Kier alpha value is -3.92. The van der Waals surface area contributed by atoms with Gasteiger partial charge in [-0.1, -0.05) is 30.3 Å². The van der Waals surface area contributed by atoms with E-state index < -0.39 is 0 Å². The summed E-state index contributed by atoms with van der Waals surface area (Å²) in [5.41, 5.74) is 2.65. The molecule has 0 amide bonds. The quantitative estimate of drug-likeness (QED) is 0.592. The van der Waals surface area contributed by atoms with Crippen LogP contribution in [0.4, 0.5) is 0 Å². The van der Waals surface area contributed by atoms with Crippen LogP contribution in [0.25, 0.3) is 22.2 Å². The van der Waals surface area contributed by atoms with E-state index in [0.717, 1.165) is 10.9 Å². The van der Waals surface area contributed by atoms with E-state index in [1.165, 1.54) is 6.07 Å². The Balaban J connectivity index is 1.81. The first kappa shape index (κ1) is 15.6. The molecule has 4 aromatic rings. The molecule has 0 unspecified atom stereocenters. The summed E-state index contributed by atoms with van der Waals surface area (Å²) in [6.45, 7) is 0.375. The summed E-state index contributed by atoms with van der Waals surface area (Å²) in [7, 11) is 0. The molecule has 126 valence electrons. The number of nitriles is 1. The lowest BCUT2D eigenvalue weighted by Gasteiger charge is -2.11. The van der Waals surface area contributed by atoms with Crippen LogP contribution in [-0.4, -0.2) is 20.4 Å². The first-order chi connectivity index (χ1) is 12.8. The second-order valence-corrected chi connectivity index (χ2v) is 5.63. The van der Waals surface area contributed by atoms with Crippen molar-refractivity contribution in [3.8, 4) is 23.1 Å². The van der Waals surface area contributed by atoms with E-state index >= 15 is 0 Å². The van der Waals surface area contributed by atoms with Gasteiger partial charge in [-0.3, -0.25) is 4.79 Å². The number of aromatic amines is 2. The highest BCUT2D eigenvalue weighted by Crippen LogP contribution is 2.33. The number of hydrogen-bond acceptors (Lipinski definition) is 5. The molecule has 0 aliphatic rings. The van der Waals surface area contributed by atoms with Gasteiger partial charge in [-0.05, 0) is 23.8 Å². The summed E-state index contributed by atoms with van der Waals surface area (Å²) < 4.78 is 5.91. The normalized spacial score (nSPS) is 10.6. The molecule has 26 heavy (non-hydrogen) atoms. The summed E-state index contributed by atoms with van der Waals surface area (Å²) in [4.78, 5) is 14.6. The Morgan fingerprint density at radius 1 is 1.04 bits per heavy atom. The number of rotatable bonds is 4. The van der Waals surface area contributed by atoms with Gasteiger partial charge in [0, 0.05) is 17.0 Å². The summed E-state index contributed by atoms with van der Waals surface area (Å²) in [6.07, 6.45) is 0. The second kappa shape index (κ2) is 6.53. The van der Waals surface area contributed by atoms with Crippen molar-refractivity contribution >= 4 is 10.9 Å². The van der Waals surface area contributed by atoms with Crippen molar-refractivity contribution in [3.63, 3.8) is 0 Å². The fourth-order valence-electron chi connectivity index (χ4n) is 2.78. The van der Waals surface area contributed by atoms with E-state index in [0.29, 0.717) is 29.1 Å². The van der Waals surface area contributed by atoms with E-state index in [-0.39, 0.29) is 11.3 Å². The number of nitrogens with zero attached hydrogens (tertiary/aromatic N) is 3. The molecule has 0 bridgehead atoms. The lowest BCUT2D eigenvalue weighted by Crippen LogP contribution is -2.05. The number of pyridine rings is 1. The minimum Gasteiger partial charge on any atom is -0.487 e. The topological polar surface area (TPSA) is 107 Å². The third-order valence-corrected chi connectivity index (χ3v) is 4.00. The first-order valence-corrected chi connectivity index (χ1v) is 7.90. The average molecular weight is 343 g/mol. The zero-order valence-electron chi connectivity index (χ0n) is 13.6. The second-order valence-electron chi connectivity index (χ2n) is 5.63. The van der Waals surface area contributed by atoms with Crippen molar-refractivity contribution in [1.82, 2.24) is 20.4 Å². The summed E-state index contributed by atoms with van der Waals surface area (Å²) in [6, 6.07) is 18.4. The molecular weight excluding hydrogens is 330 g/mol. The van der Waals surface area contributed by atoms with Crippen LogP contribution in [0.5, 0.6) is 5.75 Å². The zero-order chi connectivity index (χ0) is 17.9. The van der Waals surface area contributed by atoms with Gasteiger partial charge in [-0.15, -0.1) is 5.10 Å². The largest absolute Gasteiger partial charge is 0.487 e. The van der Waals surface area contributed by atoms with Crippen LogP contribution in [0.3, 0.4) is 0 Å². The van der Waals surface area contributed by atoms with Crippen LogP contribution in [-0.2, 0) is 6.61 Å². The smallest absolute Gasteiger partial charge is 0.248 e. The molecular formula is C19H13N5O2. The lowest BCUT2D eigenvalue weighted by molar-refractivity contribution is 0.309. The Bertz CT molecular complexity index is 1170. The molecule has 2 aromatic heterocycles. The van der Waals surface area contributed by atoms with Crippen molar-refractivity contribution in [3.05, 3.63) is 76.2 Å². The predicted molar refractivity (Wildman–Crippen MR) is 95.4 cm³/mol. The van der Waals surface area contributed by atoms with Crippen molar-refractivity contribution in [2.24, 2.45) is 0 Å². The lowest BCUT2D eigenvalue weighted by atomic mass is 10.0.